The molecule has 92 valence electrons. The number of carbonyl (C=O) groups excluding carboxylic acids is 1. The molecule has 0 unspecified atom stereocenters. The molecule has 0 atom stereocenters. The number of hydrogen-bond acceptors (Lipinski definition) is 1. The first-order valence-electron chi connectivity index (χ1n) is 5.25. The van der Waals surface area contributed by atoms with E-state index in [4.69, 9.17) is 23.2 Å². The van der Waals surface area contributed by atoms with E-state index >= 15 is 0 Å². The maximum absolute atomic E-state index is 12.3. The van der Waals surface area contributed by atoms with Gasteiger partial charge in [0.25, 0.3) is 0 Å². The quantitative estimate of drug-likeness (QED) is 0.676. The lowest BCUT2D eigenvalue weighted by atomic mass is 10.0. The van der Waals surface area contributed by atoms with Crippen LogP contribution < -0.4 is 0 Å². The second-order valence-electron chi connectivity index (χ2n) is 3.92. The van der Waals surface area contributed by atoms with Gasteiger partial charge in [0.05, 0.1) is 5.02 Å². The molecule has 18 heavy (non-hydrogen) atoms. The van der Waals surface area contributed by atoms with Crippen LogP contribution in [-0.2, 0) is 0 Å². The molecule has 0 aliphatic carbocycles. The summed E-state index contributed by atoms with van der Waals surface area (Å²) in [6, 6.07) is 10.3. The smallest absolute Gasteiger partial charge is 0.194 e. The maximum atomic E-state index is 12.3. The normalized spacial score (nSPS) is 10.4. The van der Waals surface area contributed by atoms with Crippen molar-refractivity contribution in [3.05, 3.63) is 67.6 Å². The summed E-state index contributed by atoms with van der Waals surface area (Å²) in [6.07, 6.45) is 0. The van der Waals surface area contributed by atoms with Crippen LogP contribution in [0.15, 0.2) is 40.9 Å². The van der Waals surface area contributed by atoms with E-state index in [-0.39, 0.29) is 5.78 Å². The van der Waals surface area contributed by atoms with Gasteiger partial charge in [-0.15, -0.1) is 0 Å². The van der Waals surface area contributed by atoms with Crippen LogP contribution in [0.1, 0.15) is 21.5 Å². The zero-order chi connectivity index (χ0) is 13.3. The van der Waals surface area contributed by atoms with Gasteiger partial charge in [-0.1, -0.05) is 39.1 Å². The number of hydrogen-bond donors (Lipinski definition) is 0. The van der Waals surface area contributed by atoms with Gasteiger partial charge in [0, 0.05) is 20.6 Å². The van der Waals surface area contributed by atoms with Gasteiger partial charge in [0.1, 0.15) is 0 Å². The van der Waals surface area contributed by atoms with Crippen molar-refractivity contribution in [3.63, 3.8) is 0 Å². The van der Waals surface area contributed by atoms with Gasteiger partial charge < -0.3 is 0 Å². The highest BCUT2D eigenvalue weighted by Gasteiger charge is 2.14. The summed E-state index contributed by atoms with van der Waals surface area (Å²) in [7, 11) is 0. The fraction of sp³-hybridized carbons (Fsp3) is 0.0714. The Morgan fingerprint density at radius 3 is 2.50 bits per heavy atom. The fourth-order valence-electron chi connectivity index (χ4n) is 1.61. The average molecular weight is 344 g/mol. The van der Waals surface area contributed by atoms with E-state index in [1.54, 1.807) is 24.3 Å². The van der Waals surface area contributed by atoms with Crippen molar-refractivity contribution in [2.24, 2.45) is 0 Å². The number of halogens is 3. The summed E-state index contributed by atoms with van der Waals surface area (Å²) in [5, 5.41) is 0.904. The van der Waals surface area contributed by atoms with E-state index in [1.807, 2.05) is 19.1 Å². The van der Waals surface area contributed by atoms with Crippen molar-refractivity contribution in [2.45, 2.75) is 6.92 Å². The second kappa shape index (κ2) is 5.43. The van der Waals surface area contributed by atoms with Gasteiger partial charge in [-0.3, -0.25) is 4.79 Å². The Hall–Kier alpha value is -0.830. The first kappa shape index (κ1) is 13.6. The van der Waals surface area contributed by atoms with E-state index in [2.05, 4.69) is 15.9 Å². The predicted octanol–water partition coefficient (Wildman–Crippen LogP) is 5.30. The predicted molar refractivity (Wildman–Crippen MR) is 78.8 cm³/mol. The monoisotopic (exact) mass is 342 g/mol. The highest BCUT2D eigenvalue weighted by molar-refractivity contribution is 9.10. The molecular weight excluding hydrogens is 335 g/mol. The van der Waals surface area contributed by atoms with E-state index in [9.17, 15) is 4.79 Å². The van der Waals surface area contributed by atoms with Crippen LogP contribution in [-0.4, -0.2) is 5.78 Å². The average Bonchev–Trinajstić information content (AvgIpc) is 2.35. The summed E-state index contributed by atoms with van der Waals surface area (Å²) in [5.74, 6) is -0.127. The zero-order valence-electron chi connectivity index (χ0n) is 9.51. The Bertz CT molecular complexity index is 623. The highest BCUT2D eigenvalue weighted by Crippen LogP contribution is 2.25. The molecule has 0 aliphatic rings. The van der Waals surface area contributed by atoms with Gasteiger partial charge in [0.2, 0.25) is 0 Å². The molecule has 0 bridgehead atoms. The van der Waals surface area contributed by atoms with E-state index in [1.165, 1.54) is 0 Å². The van der Waals surface area contributed by atoms with E-state index < -0.39 is 0 Å². The number of rotatable bonds is 2. The van der Waals surface area contributed by atoms with Crippen LogP contribution in [0.5, 0.6) is 0 Å². The SMILES string of the molecule is Cc1cc(C(=O)c2cc(Cl)ccc2Cl)ccc1Br. The molecule has 2 aromatic carbocycles. The lowest BCUT2D eigenvalue weighted by Gasteiger charge is -2.06. The fourth-order valence-corrected chi connectivity index (χ4v) is 2.24. The number of aryl methyl sites for hydroxylation is 1. The minimum atomic E-state index is -0.127. The highest BCUT2D eigenvalue weighted by atomic mass is 79.9. The summed E-state index contributed by atoms with van der Waals surface area (Å²) in [6.45, 7) is 1.93. The molecule has 0 aliphatic heterocycles. The van der Waals surface area contributed by atoms with Crippen LogP contribution >= 0.6 is 39.1 Å². The van der Waals surface area contributed by atoms with Crippen molar-refractivity contribution in [1.29, 1.82) is 0 Å². The van der Waals surface area contributed by atoms with Crippen LogP contribution in [0.25, 0.3) is 0 Å². The summed E-state index contributed by atoms with van der Waals surface area (Å²) in [4.78, 5) is 12.3. The Kier molecular flexibility index (Phi) is 4.10. The first-order chi connectivity index (χ1) is 8.49. The zero-order valence-corrected chi connectivity index (χ0v) is 12.6. The van der Waals surface area contributed by atoms with Gasteiger partial charge in [-0.25, -0.2) is 0 Å². The molecule has 0 saturated carbocycles. The van der Waals surface area contributed by atoms with Gasteiger partial charge >= 0.3 is 0 Å². The van der Waals surface area contributed by atoms with Crippen LogP contribution in [0.2, 0.25) is 10.0 Å². The van der Waals surface area contributed by atoms with Gasteiger partial charge in [0.15, 0.2) is 5.78 Å². The van der Waals surface area contributed by atoms with Gasteiger partial charge in [-0.2, -0.15) is 0 Å². The van der Waals surface area contributed by atoms with Crippen LogP contribution in [0, 0.1) is 6.92 Å². The van der Waals surface area contributed by atoms with E-state index in [0.29, 0.717) is 21.2 Å². The van der Waals surface area contributed by atoms with Crippen molar-refractivity contribution in [2.75, 3.05) is 0 Å². The Labute approximate surface area is 124 Å². The minimum Gasteiger partial charge on any atom is -0.289 e. The molecule has 0 heterocycles. The van der Waals surface area contributed by atoms with Crippen molar-refractivity contribution < 1.29 is 4.79 Å². The molecule has 0 radical (unpaired) electrons. The second-order valence-corrected chi connectivity index (χ2v) is 5.62. The molecule has 2 aromatic rings. The summed E-state index contributed by atoms with van der Waals surface area (Å²) in [5.41, 5.74) is 2.02. The van der Waals surface area contributed by atoms with Gasteiger partial charge in [-0.05, 0) is 48.9 Å². The third-order valence-electron chi connectivity index (χ3n) is 2.59. The number of ketones is 1. The standard InChI is InChI=1S/C14H9BrCl2O/c1-8-6-9(2-4-12(8)15)14(18)11-7-10(16)3-5-13(11)17/h2-7H,1H3. The molecule has 0 aromatic heterocycles. The molecular formula is C14H9BrCl2O. The molecule has 0 spiro atoms. The molecule has 0 amide bonds. The molecule has 2 rings (SSSR count). The van der Waals surface area contributed by atoms with Crippen LogP contribution in [0.3, 0.4) is 0 Å². The number of benzene rings is 2. The van der Waals surface area contributed by atoms with Crippen molar-refractivity contribution >= 4 is 44.9 Å². The number of carbonyl (C=O) groups is 1. The molecule has 1 nitrogen and oxygen atoms in total. The Morgan fingerprint density at radius 2 is 1.83 bits per heavy atom. The third kappa shape index (κ3) is 2.77. The largest absolute Gasteiger partial charge is 0.289 e. The first-order valence-corrected chi connectivity index (χ1v) is 6.80. The van der Waals surface area contributed by atoms with E-state index in [0.717, 1.165) is 10.0 Å². The lowest BCUT2D eigenvalue weighted by Crippen LogP contribution is -2.02. The topological polar surface area (TPSA) is 17.1 Å². The molecule has 4 heteroatoms. The maximum Gasteiger partial charge on any atom is 0.194 e. The van der Waals surface area contributed by atoms with Crippen LogP contribution in [0.4, 0.5) is 0 Å². The minimum absolute atomic E-state index is 0.127. The molecule has 0 saturated heterocycles. The Morgan fingerprint density at radius 1 is 1.11 bits per heavy atom. The summed E-state index contributed by atoms with van der Waals surface area (Å²) < 4.78 is 0.969. The molecule has 0 fully saturated rings. The summed E-state index contributed by atoms with van der Waals surface area (Å²) >= 11 is 15.3. The third-order valence-corrected chi connectivity index (χ3v) is 4.05. The molecule has 0 N–H and O–H groups in total. The lowest BCUT2D eigenvalue weighted by molar-refractivity contribution is 0.103. The Balaban J connectivity index is 2.47. The van der Waals surface area contributed by atoms with Crippen molar-refractivity contribution in [3.8, 4) is 0 Å². The van der Waals surface area contributed by atoms with Crippen molar-refractivity contribution in [1.82, 2.24) is 0 Å².